The van der Waals surface area contributed by atoms with E-state index in [-0.39, 0.29) is 0 Å². The second kappa shape index (κ2) is 10.5. The highest BCUT2D eigenvalue weighted by molar-refractivity contribution is 8.76. The van der Waals surface area contributed by atoms with Crippen LogP contribution in [-0.2, 0) is 0 Å². The molecule has 0 heterocycles. The molecule has 0 atom stereocenters. The lowest BCUT2D eigenvalue weighted by atomic mass is 10.5. The van der Waals surface area contributed by atoms with E-state index in [4.69, 9.17) is 11.1 Å². The van der Waals surface area contributed by atoms with Gasteiger partial charge in [0.1, 0.15) is 0 Å². The summed E-state index contributed by atoms with van der Waals surface area (Å²) in [5.74, 6) is 1.87. The molecule has 0 spiro atoms. The van der Waals surface area contributed by atoms with Gasteiger partial charge in [-0.2, -0.15) is 9.58 Å². The van der Waals surface area contributed by atoms with Crippen molar-refractivity contribution in [3.63, 3.8) is 0 Å². The average Bonchev–Trinajstić information content (AvgIpc) is 2.10. The quantitative estimate of drug-likeness (QED) is 0.207. The van der Waals surface area contributed by atoms with Gasteiger partial charge in [-0.05, 0) is 0 Å². The van der Waals surface area contributed by atoms with Crippen LogP contribution in [0.2, 0.25) is 0 Å². The van der Waals surface area contributed by atoms with Crippen LogP contribution in [0.3, 0.4) is 0 Å². The molecule has 0 aromatic rings. The van der Waals surface area contributed by atoms with Crippen LogP contribution in [0.4, 0.5) is 0 Å². The van der Waals surface area contributed by atoms with Crippen molar-refractivity contribution in [3.05, 3.63) is 11.1 Å². The Hall–Kier alpha value is -0.540. The maximum atomic E-state index is 8.05. The molecule has 0 aromatic carbocycles. The molecule has 0 rings (SSSR count). The first-order valence-corrected chi connectivity index (χ1v) is 5.96. The van der Waals surface area contributed by atoms with Gasteiger partial charge >= 0.3 is 0 Å². The topological polar surface area (TPSA) is 72.8 Å². The number of hydrogen-bond donors (Lipinski definition) is 0. The lowest BCUT2D eigenvalue weighted by Crippen LogP contribution is -1.81. The molecule has 0 aliphatic rings. The van der Waals surface area contributed by atoms with Crippen LogP contribution in [0.1, 0.15) is 12.8 Å². The largest absolute Gasteiger partial charge is 0.362 e. The summed E-state index contributed by atoms with van der Waals surface area (Å²) in [4.78, 5) is 5.76. The summed E-state index contributed by atoms with van der Waals surface area (Å²) in [6.45, 7) is 0. The molecule has 0 aromatic heterocycles. The Labute approximate surface area is 79.4 Å². The van der Waals surface area contributed by atoms with Gasteiger partial charge in [0.05, 0.1) is 12.8 Å². The molecule has 0 bridgehead atoms. The van der Waals surface area contributed by atoms with Gasteiger partial charge in [-0.3, -0.25) is 0 Å². The van der Waals surface area contributed by atoms with Crippen LogP contribution in [0, 0.1) is 0 Å². The fourth-order valence-electron chi connectivity index (χ4n) is 0.435. The molecule has 0 saturated heterocycles. The van der Waals surface area contributed by atoms with E-state index in [2.05, 4.69) is 9.58 Å². The van der Waals surface area contributed by atoms with Crippen LogP contribution in [-0.4, -0.2) is 33.5 Å². The maximum Gasteiger partial charge on any atom is 0.258 e. The fraction of sp³-hybridized carbons (Fsp3) is 0.667. The van der Waals surface area contributed by atoms with E-state index < -0.39 is 0 Å². The third kappa shape index (κ3) is 9.46. The number of hydrogen-bond acceptors (Lipinski definition) is 2. The molecular formula is C6H10N4S2. The third-order valence-corrected chi connectivity index (χ3v) is 3.38. The number of nitrogens with zero attached hydrogens (tertiary/aromatic N) is 4. The summed E-state index contributed by atoms with van der Waals surface area (Å²) in [5.41, 5.74) is 16.1. The van der Waals surface area contributed by atoms with Crippen molar-refractivity contribution in [1.82, 2.24) is 0 Å². The summed E-state index contributed by atoms with van der Waals surface area (Å²) in [6, 6.07) is 0. The van der Waals surface area contributed by atoms with Crippen LogP contribution in [0.25, 0.3) is 11.1 Å². The zero-order chi connectivity index (χ0) is 9.07. The van der Waals surface area contributed by atoms with E-state index in [1.54, 1.807) is 21.6 Å². The highest BCUT2D eigenvalue weighted by Gasteiger charge is 1.91. The van der Waals surface area contributed by atoms with Crippen LogP contribution in [0.5, 0.6) is 0 Å². The zero-order valence-corrected chi connectivity index (χ0v) is 8.22. The first-order valence-electron chi connectivity index (χ1n) is 3.48. The van der Waals surface area contributed by atoms with Crippen LogP contribution in [0.15, 0.2) is 0 Å². The van der Waals surface area contributed by atoms with Gasteiger partial charge < -0.3 is 11.1 Å². The van der Waals surface area contributed by atoms with Crippen molar-refractivity contribution < 1.29 is 9.58 Å². The minimum Gasteiger partial charge on any atom is -0.362 e. The van der Waals surface area contributed by atoms with Crippen molar-refractivity contribution in [2.24, 2.45) is 0 Å². The predicted octanol–water partition coefficient (Wildman–Crippen LogP) is 1.75. The Kier molecular flexibility index (Phi) is 9.99. The summed E-state index contributed by atoms with van der Waals surface area (Å²) < 4.78 is 0. The summed E-state index contributed by atoms with van der Waals surface area (Å²) in [7, 11) is 3.43. The third-order valence-electron chi connectivity index (χ3n) is 0.907. The van der Waals surface area contributed by atoms with E-state index in [1.807, 2.05) is 0 Å². The average molecular weight is 202 g/mol. The van der Waals surface area contributed by atoms with Gasteiger partial charge in [-0.25, -0.2) is 0 Å². The normalized spacial score (nSPS) is 8.33. The van der Waals surface area contributed by atoms with Gasteiger partial charge in [-0.15, -0.1) is 0 Å². The van der Waals surface area contributed by atoms with Gasteiger partial charge in [0.15, 0.2) is 0 Å². The Morgan fingerprint density at radius 2 is 1.33 bits per heavy atom. The van der Waals surface area contributed by atoms with Crippen molar-refractivity contribution in [2.45, 2.75) is 12.8 Å². The monoisotopic (exact) mass is 202 g/mol. The molecular weight excluding hydrogens is 192 g/mol. The lowest BCUT2D eigenvalue weighted by Gasteiger charge is -1.91. The van der Waals surface area contributed by atoms with E-state index in [1.165, 1.54) is 12.4 Å². The maximum absolute atomic E-state index is 8.05. The lowest BCUT2D eigenvalue weighted by molar-refractivity contribution is 0.000909. The molecule has 0 amide bonds. The Morgan fingerprint density at radius 1 is 0.917 bits per heavy atom. The van der Waals surface area contributed by atoms with Gasteiger partial charge in [0.2, 0.25) is 0 Å². The summed E-state index contributed by atoms with van der Waals surface area (Å²) in [6.07, 6.45) is 4.51. The zero-order valence-electron chi connectivity index (χ0n) is 6.59. The fourth-order valence-corrected chi connectivity index (χ4v) is 2.36. The smallest absolute Gasteiger partial charge is 0.258 e. The van der Waals surface area contributed by atoms with Crippen LogP contribution >= 0.6 is 21.6 Å². The minimum atomic E-state index is 0.780. The minimum absolute atomic E-state index is 0.780. The predicted molar refractivity (Wildman–Crippen MR) is 53.5 cm³/mol. The van der Waals surface area contributed by atoms with Crippen molar-refractivity contribution in [2.75, 3.05) is 11.5 Å². The Balaban J connectivity index is 3.00. The van der Waals surface area contributed by atoms with Gasteiger partial charge in [0, 0.05) is 11.5 Å². The van der Waals surface area contributed by atoms with E-state index in [0.717, 1.165) is 24.3 Å². The first kappa shape index (κ1) is 11.5. The summed E-state index contributed by atoms with van der Waals surface area (Å²) in [5, 5.41) is 0. The van der Waals surface area contributed by atoms with Crippen LogP contribution < -0.4 is 0 Å². The SMILES string of the molecule is [N-]=[N+]=CCCSSCCC=[N+]=[N-]. The number of rotatable bonds is 7. The Bertz CT molecular complexity index is 172. The molecule has 6 heteroatoms. The first-order chi connectivity index (χ1) is 5.91. The molecule has 0 unspecified atom stereocenters. The van der Waals surface area contributed by atoms with E-state index in [9.17, 15) is 0 Å². The second-order valence-corrected chi connectivity index (χ2v) is 4.52. The van der Waals surface area contributed by atoms with E-state index >= 15 is 0 Å². The molecule has 12 heavy (non-hydrogen) atoms. The summed E-state index contributed by atoms with van der Waals surface area (Å²) >= 11 is 0. The molecule has 0 saturated carbocycles. The molecule has 66 valence electrons. The molecule has 0 aliphatic heterocycles. The highest BCUT2D eigenvalue weighted by Crippen LogP contribution is 2.21. The molecule has 0 N–H and O–H groups in total. The molecule has 0 aliphatic carbocycles. The van der Waals surface area contributed by atoms with Gasteiger partial charge in [-0.1, -0.05) is 21.6 Å². The Morgan fingerprint density at radius 3 is 1.67 bits per heavy atom. The van der Waals surface area contributed by atoms with Crippen molar-refractivity contribution in [1.29, 1.82) is 0 Å². The standard InChI is InChI=1S/C6H10N4S2/c7-9-3-1-5-11-12-6-2-4-10-8/h3-4H,1-2,5-6H2. The van der Waals surface area contributed by atoms with Gasteiger partial charge in [0.25, 0.3) is 12.4 Å². The van der Waals surface area contributed by atoms with Crippen molar-refractivity contribution in [3.8, 4) is 0 Å². The molecule has 0 fully saturated rings. The van der Waals surface area contributed by atoms with Crippen molar-refractivity contribution >= 4 is 34.0 Å². The molecule has 4 nitrogen and oxygen atoms in total. The van der Waals surface area contributed by atoms with E-state index in [0.29, 0.717) is 0 Å². The molecule has 0 radical (unpaired) electrons. The second-order valence-electron chi connectivity index (χ2n) is 1.82. The highest BCUT2D eigenvalue weighted by atomic mass is 33.1.